The Hall–Kier alpha value is -0.840. The summed E-state index contributed by atoms with van der Waals surface area (Å²) in [7, 11) is 1.67. The molecule has 0 saturated heterocycles. The molecule has 1 unspecified atom stereocenters. The Kier molecular flexibility index (Phi) is 6.07. The van der Waals surface area contributed by atoms with Gasteiger partial charge < -0.3 is 15.8 Å². The third-order valence-electron chi connectivity index (χ3n) is 3.79. The van der Waals surface area contributed by atoms with Crippen LogP contribution in [0.2, 0.25) is 0 Å². The second kappa shape index (κ2) is 7.81. The first-order chi connectivity index (χ1) is 9.74. The van der Waals surface area contributed by atoms with Crippen molar-refractivity contribution in [3.63, 3.8) is 0 Å². The Bertz CT molecular complexity index is 474. The number of ether oxygens (including phenoxy) is 1. The Labute approximate surface area is 129 Å². The molecular weight excluding hydrogens is 316 g/mol. The molecule has 0 aromatic heterocycles. The Balaban J connectivity index is 1.91. The van der Waals surface area contributed by atoms with Crippen LogP contribution < -0.4 is 15.8 Å². The van der Waals surface area contributed by atoms with E-state index in [2.05, 4.69) is 39.5 Å². The first-order valence-electron chi connectivity index (χ1n) is 7.19. The second-order valence-corrected chi connectivity index (χ2v) is 6.00. The van der Waals surface area contributed by atoms with E-state index in [0.717, 1.165) is 23.2 Å². The molecule has 0 fully saturated rings. The molecule has 1 aliphatic rings. The van der Waals surface area contributed by atoms with Gasteiger partial charge in [-0.15, -0.1) is 0 Å². The van der Waals surface area contributed by atoms with E-state index in [1.165, 1.54) is 24.8 Å². The molecule has 2 rings (SSSR count). The van der Waals surface area contributed by atoms with Gasteiger partial charge in [-0.3, -0.25) is 0 Å². The zero-order valence-electron chi connectivity index (χ0n) is 12.0. The van der Waals surface area contributed by atoms with Crippen LogP contribution >= 0.6 is 15.9 Å². The normalized spacial score (nSPS) is 16.1. The highest BCUT2D eigenvalue weighted by atomic mass is 79.9. The van der Waals surface area contributed by atoms with Crippen LogP contribution in [0.1, 0.15) is 37.3 Å². The number of nitrogens with two attached hydrogens (primary N) is 1. The zero-order valence-corrected chi connectivity index (χ0v) is 13.6. The van der Waals surface area contributed by atoms with Crippen molar-refractivity contribution in [1.29, 1.82) is 0 Å². The fourth-order valence-corrected chi connectivity index (χ4v) is 3.17. The Morgan fingerprint density at radius 3 is 2.90 bits per heavy atom. The van der Waals surface area contributed by atoms with Crippen LogP contribution in [0, 0.1) is 0 Å². The van der Waals surface area contributed by atoms with E-state index in [9.17, 15) is 0 Å². The summed E-state index contributed by atoms with van der Waals surface area (Å²) in [6.45, 7) is 1.58. The van der Waals surface area contributed by atoms with E-state index in [1.54, 1.807) is 12.7 Å². The third kappa shape index (κ3) is 4.08. The van der Waals surface area contributed by atoms with E-state index in [1.807, 2.05) is 6.07 Å². The van der Waals surface area contributed by atoms with Gasteiger partial charge in [0, 0.05) is 12.6 Å². The lowest BCUT2D eigenvalue weighted by molar-refractivity contribution is 0.411. The van der Waals surface area contributed by atoms with Crippen LogP contribution in [0.15, 0.2) is 34.3 Å². The van der Waals surface area contributed by atoms with Gasteiger partial charge in [0.15, 0.2) is 0 Å². The molecule has 1 aromatic carbocycles. The molecule has 1 atom stereocenters. The molecule has 0 amide bonds. The van der Waals surface area contributed by atoms with Gasteiger partial charge >= 0.3 is 0 Å². The fraction of sp³-hybridized carbons (Fsp3) is 0.500. The maximum Gasteiger partial charge on any atom is 0.133 e. The summed E-state index contributed by atoms with van der Waals surface area (Å²) in [6.07, 6.45) is 7.35. The van der Waals surface area contributed by atoms with Crippen molar-refractivity contribution in [2.24, 2.45) is 5.73 Å². The number of hydrogen-bond acceptors (Lipinski definition) is 3. The van der Waals surface area contributed by atoms with Crippen LogP contribution in [0.3, 0.4) is 0 Å². The Morgan fingerprint density at radius 2 is 2.30 bits per heavy atom. The van der Waals surface area contributed by atoms with Crippen molar-refractivity contribution in [1.82, 2.24) is 5.32 Å². The summed E-state index contributed by atoms with van der Waals surface area (Å²) in [5.74, 6) is 0.848. The topological polar surface area (TPSA) is 47.3 Å². The van der Waals surface area contributed by atoms with Gasteiger partial charge in [-0.25, -0.2) is 0 Å². The maximum absolute atomic E-state index is 5.90. The largest absolute Gasteiger partial charge is 0.496 e. The van der Waals surface area contributed by atoms with Gasteiger partial charge in [0.05, 0.1) is 11.6 Å². The Morgan fingerprint density at radius 1 is 1.45 bits per heavy atom. The zero-order chi connectivity index (χ0) is 14.4. The van der Waals surface area contributed by atoms with E-state index in [0.29, 0.717) is 6.54 Å². The minimum absolute atomic E-state index is 0.194. The maximum atomic E-state index is 5.90. The highest BCUT2D eigenvalue weighted by molar-refractivity contribution is 9.10. The molecular formula is C16H23BrN2O. The van der Waals surface area contributed by atoms with Crippen LogP contribution in [0.4, 0.5) is 0 Å². The van der Waals surface area contributed by atoms with Crippen molar-refractivity contribution in [2.75, 3.05) is 20.2 Å². The monoisotopic (exact) mass is 338 g/mol. The number of nitrogens with one attached hydrogen (secondary N) is 1. The summed E-state index contributed by atoms with van der Waals surface area (Å²) >= 11 is 3.52. The summed E-state index contributed by atoms with van der Waals surface area (Å²) in [6, 6.07) is 6.32. The SMILES string of the molecule is COc1ccc(C(CN)NCCC2=CCCC2)cc1Br. The third-order valence-corrected chi connectivity index (χ3v) is 4.41. The van der Waals surface area contributed by atoms with E-state index < -0.39 is 0 Å². The number of hydrogen-bond donors (Lipinski definition) is 2. The standard InChI is InChI=1S/C16H23BrN2O/c1-20-16-7-6-13(10-14(16)17)15(11-18)19-9-8-12-4-2-3-5-12/h4,6-7,10,15,19H,2-3,5,8-9,11,18H2,1H3. The van der Waals surface area contributed by atoms with Crippen molar-refractivity contribution in [3.8, 4) is 5.75 Å². The van der Waals surface area contributed by atoms with E-state index in [4.69, 9.17) is 10.5 Å². The average molecular weight is 339 g/mol. The van der Waals surface area contributed by atoms with Crippen molar-refractivity contribution < 1.29 is 4.74 Å². The summed E-state index contributed by atoms with van der Waals surface area (Å²) in [5, 5.41) is 3.55. The van der Waals surface area contributed by atoms with Gasteiger partial charge in [0.1, 0.15) is 5.75 Å². The lowest BCUT2D eigenvalue weighted by Crippen LogP contribution is -2.29. The van der Waals surface area contributed by atoms with Crippen LogP contribution in [-0.4, -0.2) is 20.2 Å². The predicted molar refractivity (Wildman–Crippen MR) is 87.0 cm³/mol. The predicted octanol–water partition coefficient (Wildman–Crippen LogP) is 3.55. The molecule has 110 valence electrons. The molecule has 20 heavy (non-hydrogen) atoms. The highest BCUT2D eigenvalue weighted by Crippen LogP contribution is 2.28. The van der Waals surface area contributed by atoms with Gasteiger partial charge in [-0.1, -0.05) is 17.7 Å². The molecule has 1 aliphatic carbocycles. The first kappa shape index (κ1) is 15.5. The molecule has 0 radical (unpaired) electrons. The molecule has 0 spiro atoms. The van der Waals surface area contributed by atoms with Gasteiger partial charge in [-0.2, -0.15) is 0 Å². The molecule has 3 nitrogen and oxygen atoms in total. The molecule has 4 heteroatoms. The number of allylic oxidation sites excluding steroid dienone is 1. The molecule has 3 N–H and O–H groups in total. The van der Waals surface area contributed by atoms with Crippen molar-refractivity contribution >= 4 is 15.9 Å². The molecule has 1 aromatic rings. The fourth-order valence-electron chi connectivity index (χ4n) is 2.61. The van der Waals surface area contributed by atoms with Crippen molar-refractivity contribution in [3.05, 3.63) is 39.9 Å². The lowest BCUT2D eigenvalue weighted by Gasteiger charge is -2.18. The highest BCUT2D eigenvalue weighted by Gasteiger charge is 2.12. The average Bonchev–Trinajstić information content (AvgIpc) is 2.97. The molecule has 0 saturated carbocycles. The van der Waals surface area contributed by atoms with Gasteiger partial charge in [-0.05, 0) is 65.9 Å². The number of methoxy groups -OCH3 is 1. The van der Waals surface area contributed by atoms with Crippen molar-refractivity contribution in [2.45, 2.75) is 31.7 Å². The summed E-state index contributed by atoms with van der Waals surface area (Å²) < 4.78 is 6.22. The van der Waals surface area contributed by atoms with E-state index >= 15 is 0 Å². The number of benzene rings is 1. The molecule has 0 heterocycles. The summed E-state index contributed by atoms with van der Waals surface area (Å²) in [4.78, 5) is 0. The quantitative estimate of drug-likeness (QED) is 0.747. The number of rotatable bonds is 7. The van der Waals surface area contributed by atoms with Gasteiger partial charge in [0.2, 0.25) is 0 Å². The summed E-state index contributed by atoms with van der Waals surface area (Å²) in [5.41, 5.74) is 8.68. The smallest absolute Gasteiger partial charge is 0.133 e. The van der Waals surface area contributed by atoms with Crippen LogP contribution in [0.5, 0.6) is 5.75 Å². The van der Waals surface area contributed by atoms with Crippen LogP contribution in [-0.2, 0) is 0 Å². The van der Waals surface area contributed by atoms with Gasteiger partial charge in [0.25, 0.3) is 0 Å². The second-order valence-electron chi connectivity index (χ2n) is 5.14. The molecule has 0 bridgehead atoms. The lowest BCUT2D eigenvalue weighted by atomic mass is 10.1. The number of halogens is 1. The molecule has 0 aliphatic heterocycles. The van der Waals surface area contributed by atoms with Crippen LogP contribution in [0.25, 0.3) is 0 Å². The van der Waals surface area contributed by atoms with E-state index in [-0.39, 0.29) is 6.04 Å². The minimum Gasteiger partial charge on any atom is -0.496 e. The first-order valence-corrected chi connectivity index (χ1v) is 7.98. The minimum atomic E-state index is 0.194.